The molecule has 0 bridgehead atoms. The van der Waals surface area contributed by atoms with Gasteiger partial charge in [-0.25, -0.2) is 4.79 Å². The first-order valence-electron chi connectivity index (χ1n) is 8.37. The summed E-state index contributed by atoms with van der Waals surface area (Å²) in [6.07, 6.45) is 4.60. The number of amides is 3. The van der Waals surface area contributed by atoms with Crippen molar-refractivity contribution in [2.75, 3.05) is 7.05 Å². The summed E-state index contributed by atoms with van der Waals surface area (Å²) in [6, 6.07) is -1.62. The lowest BCUT2D eigenvalue weighted by Gasteiger charge is -2.23. The van der Waals surface area contributed by atoms with Gasteiger partial charge in [-0.1, -0.05) is 13.8 Å². The van der Waals surface area contributed by atoms with E-state index in [4.69, 9.17) is 4.74 Å². The minimum Gasteiger partial charge on any atom is -0.444 e. The van der Waals surface area contributed by atoms with Crippen LogP contribution in [0.2, 0.25) is 0 Å². The first-order chi connectivity index (χ1) is 11.4. The first kappa shape index (κ1) is 20.7. The Labute approximate surface area is 149 Å². The lowest BCUT2D eigenvalue weighted by atomic mass is 10.0. The number of hydrogen-bond donors (Lipinski definition) is 2. The smallest absolute Gasteiger partial charge is 0.408 e. The molecule has 3 amide bonds. The monoisotopic (exact) mass is 351 g/mol. The zero-order valence-corrected chi connectivity index (χ0v) is 16.0. The number of allylic oxidation sites excluding steroid dienone is 2. The minimum atomic E-state index is -0.833. The van der Waals surface area contributed by atoms with Crippen LogP contribution in [-0.4, -0.2) is 47.5 Å². The normalized spacial score (nSPS) is 19.2. The number of nitrogens with zero attached hydrogens (tertiary/aromatic N) is 1. The number of hydrogen-bond acceptors (Lipinski definition) is 4. The molecule has 7 nitrogen and oxygen atoms in total. The molecule has 0 saturated heterocycles. The van der Waals surface area contributed by atoms with E-state index in [1.54, 1.807) is 40.1 Å². The molecule has 1 heterocycles. The maximum absolute atomic E-state index is 12.4. The van der Waals surface area contributed by atoms with E-state index in [2.05, 4.69) is 10.6 Å². The van der Waals surface area contributed by atoms with Gasteiger partial charge in [0.15, 0.2) is 0 Å². The number of alkyl carbamates (subject to hydrolysis) is 1. The molecular formula is C18H29N3O4. The second-order valence-corrected chi connectivity index (χ2v) is 7.44. The highest BCUT2D eigenvalue weighted by molar-refractivity contribution is 5.93. The Balaban J connectivity index is 2.78. The maximum atomic E-state index is 12.4. The molecule has 1 rings (SSSR count). The van der Waals surface area contributed by atoms with E-state index in [0.29, 0.717) is 0 Å². The van der Waals surface area contributed by atoms with Gasteiger partial charge in [-0.2, -0.15) is 0 Å². The van der Waals surface area contributed by atoms with Crippen molar-refractivity contribution in [3.63, 3.8) is 0 Å². The van der Waals surface area contributed by atoms with Crippen LogP contribution in [0.25, 0.3) is 0 Å². The average Bonchev–Trinajstić information content (AvgIpc) is 2.58. The van der Waals surface area contributed by atoms with Crippen molar-refractivity contribution in [1.82, 2.24) is 15.5 Å². The molecular weight excluding hydrogens is 322 g/mol. The third-order valence-corrected chi connectivity index (χ3v) is 3.55. The fourth-order valence-corrected chi connectivity index (χ4v) is 2.13. The van der Waals surface area contributed by atoms with Crippen LogP contribution in [0.1, 0.15) is 41.5 Å². The van der Waals surface area contributed by atoms with Crippen molar-refractivity contribution < 1.29 is 19.1 Å². The van der Waals surface area contributed by atoms with E-state index in [0.717, 1.165) is 5.57 Å². The van der Waals surface area contributed by atoms with Crippen LogP contribution < -0.4 is 10.6 Å². The molecule has 140 valence electrons. The summed E-state index contributed by atoms with van der Waals surface area (Å²) in [7, 11) is 1.64. The van der Waals surface area contributed by atoms with Crippen molar-refractivity contribution in [2.45, 2.75) is 59.2 Å². The highest BCUT2D eigenvalue weighted by Gasteiger charge is 2.27. The Bertz CT molecular complexity index is 588. The van der Waals surface area contributed by atoms with Gasteiger partial charge in [0.1, 0.15) is 17.7 Å². The topological polar surface area (TPSA) is 87.7 Å². The van der Waals surface area contributed by atoms with Crippen molar-refractivity contribution in [1.29, 1.82) is 0 Å². The molecule has 0 fully saturated rings. The lowest BCUT2D eigenvalue weighted by Crippen LogP contribution is -2.52. The number of ether oxygens (including phenoxy) is 1. The molecule has 2 atom stereocenters. The zero-order valence-electron chi connectivity index (χ0n) is 16.0. The highest BCUT2D eigenvalue weighted by Crippen LogP contribution is 2.16. The van der Waals surface area contributed by atoms with Crippen molar-refractivity contribution in [3.8, 4) is 0 Å². The number of nitrogens with one attached hydrogen (secondary N) is 2. The summed E-state index contributed by atoms with van der Waals surface area (Å²) >= 11 is 0. The van der Waals surface area contributed by atoms with Gasteiger partial charge >= 0.3 is 6.09 Å². The first-order valence-corrected chi connectivity index (χ1v) is 8.37. The van der Waals surface area contributed by atoms with E-state index in [1.807, 2.05) is 19.9 Å². The van der Waals surface area contributed by atoms with Crippen molar-refractivity contribution >= 4 is 17.9 Å². The van der Waals surface area contributed by atoms with E-state index in [-0.39, 0.29) is 11.8 Å². The number of rotatable bonds is 4. The van der Waals surface area contributed by atoms with Gasteiger partial charge in [0, 0.05) is 13.2 Å². The predicted octanol–water partition coefficient (Wildman–Crippen LogP) is 1.95. The minimum absolute atomic E-state index is 0.215. The number of carbonyl (C=O) groups excluding carboxylic acids is 3. The standard InChI is InChI=1S/C18H29N3O4/c1-11(2)13-8-9-21(7)16(23)14(10-13)20-15(22)12(3)19-17(24)25-18(4,5)6/h8-12,14H,1-7H3,(H,19,24)(H,20,22)/t12?,14-/m0/s1. The van der Waals surface area contributed by atoms with Crippen LogP contribution >= 0.6 is 0 Å². The molecule has 0 aromatic carbocycles. The van der Waals surface area contributed by atoms with Crippen LogP contribution in [0, 0.1) is 5.92 Å². The predicted molar refractivity (Wildman–Crippen MR) is 95.6 cm³/mol. The Kier molecular flexibility index (Phi) is 6.78. The summed E-state index contributed by atoms with van der Waals surface area (Å²) in [5.41, 5.74) is 0.302. The molecule has 1 unspecified atom stereocenters. The molecule has 0 spiro atoms. The van der Waals surface area contributed by atoms with Gasteiger partial charge in [-0.05, 0) is 51.3 Å². The van der Waals surface area contributed by atoms with Crippen LogP contribution in [-0.2, 0) is 14.3 Å². The Morgan fingerprint density at radius 1 is 1.24 bits per heavy atom. The molecule has 0 saturated carbocycles. The van der Waals surface area contributed by atoms with E-state index in [1.165, 1.54) is 11.8 Å². The van der Waals surface area contributed by atoms with Gasteiger partial charge < -0.3 is 20.3 Å². The van der Waals surface area contributed by atoms with E-state index < -0.39 is 29.7 Å². The van der Waals surface area contributed by atoms with Crippen LogP contribution in [0.5, 0.6) is 0 Å². The average molecular weight is 351 g/mol. The second kappa shape index (κ2) is 8.18. The Hall–Kier alpha value is -2.31. The maximum Gasteiger partial charge on any atom is 0.408 e. The molecule has 1 aliphatic rings. The summed E-state index contributed by atoms with van der Waals surface area (Å²) in [5, 5.41) is 5.14. The van der Waals surface area contributed by atoms with Crippen LogP contribution in [0.15, 0.2) is 23.9 Å². The molecule has 25 heavy (non-hydrogen) atoms. The molecule has 0 aliphatic carbocycles. The number of carbonyl (C=O) groups is 3. The molecule has 2 N–H and O–H groups in total. The second-order valence-electron chi connectivity index (χ2n) is 7.44. The third-order valence-electron chi connectivity index (χ3n) is 3.55. The zero-order chi connectivity index (χ0) is 19.4. The van der Waals surface area contributed by atoms with E-state index >= 15 is 0 Å². The van der Waals surface area contributed by atoms with Gasteiger partial charge in [0.2, 0.25) is 5.91 Å². The molecule has 0 aromatic rings. The molecule has 1 aliphatic heterocycles. The highest BCUT2D eigenvalue weighted by atomic mass is 16.6. The van der Waals surface area contributed by atoms with Gasteiger partial charge in [-0.15, -0.1) is 0 Å². The van der Waals surface area contributed by atoms with Crippen molar-refractivity contribution in [2.24, 2.45) is 5.92 Å². The summed E-state index contributed by atoms with van der Waals surface area (Å²) in [5.74, 6) is -0.490. The largest absolute Gasteiger partial charge is 0.444 e. The molecule has 7 heteroatoms. The third kappa shape index (κ3) is 6.60. The lowest BCUT2D eigenvalue weighted by molar-refractivity contribution is -0.132. The molecule has 0 radical (unpaired) electrons. The van der Waals surface area contributed by atoms with Gasteiger partial charge in [0.25, 0.3) is 5.91 Å². The van der Waals surface area contributed by atoms with Crippen LogP contribution in [0.3, 0.4) is 0 Å². The fraction of sp³-hybridized carbons (Fsp3) is 0.611. The summed E-state index contributed by atoms with van der Waals surface area (Å²) in [4.78, 5) is 37.9. The van der Waals surface area contributed by atoms with Gasteiger partial charge in [-0.3, -0.25) is 9.59 Å². The fourth-order valence-electron chi connectivity index (χ4n) is 2.13. The van der Waals surface area contributed by atoms with Crippen molar-refractivity contribution in [3.05, 3.63) is 23.9 Å². The quantitative estimate of drug-likeness (QED) is 0.810. The Morgan fingerprint density at radius 3 is 2.36 bits per heavy atom. The number of likely N-dealkylation sites (N-methyl/N-ethyl adjacent to an activating group) is 1. The van der Waals surface area contributed by atoms with Gasteiger partial charge in [0.05, 0.1) is 0 Å². The molecule has 0 aromatic heterocycles. The summed E-state index contributed by atoms with van der Waals surface area (Å²) < 4.78 is 5.13. The van der Waals surface area contributed by atoms with Crippen LogP contribution in [0.4, 0.5) is 4.79 Å². The van der Waals surface area contributed by atoms with E-state index in [9.17, 15) is 14.4 Å². The summed E-state index contributed by atoms with van der Waals surface area (Å²) in [6.45, 7) is 10.8. The SMILES string of the molecule is CC(C)C1=C[C@H](NC(=O)C(C)NC(=O)OC(C)(C)C)C(=O)N(C)C=C1. The Morgan fingerprint density at radius 2 is 1.84 bits per heavy atom.